The van der Waals surface area contributed by atoms with Crippen molar-refractivity contribution in [1.29, 1.82) is 0 Å². The Kier molecular flexibility index (Phi) is 3.72. The molecule has 0 spiro atoms. The van der Waals surface area contributed by atoms with Crippen LogP contribution in [0.15, 0.2) is 41.2 Å². The van der Waals surface area contributed by atoms with E-state index in [4.69, 9.17) is 0 Å². The summed E-state index contributed by atoms with van der Waals surface area (Å²) in [4.78, 5) is 27.9. The normalized spacial score (nSPS) is 10.2. The Morgan fingerprint density at radius 1 is 1.32 bits per heavy atom. The van der Waals surface area contributed by atoms with Gasteiger partial charge in [-0.2, -0.15) is 5.10 Å². The molecule has 1 aromatic carbocycles. The predicted octanol–water partition coefficient (Wildman–Crippen LogP) is 0.832. The largest absolute Gasteiger partial charge is 0.299 e. The SMILES string of the molecule is CONC(=O)c1nn(-c2ccccc2)c(C)cc1=O. The van der Waals surface area contributed by atoms with Gasteiger partial charge in [0, 0.05) is 11.8 Å². The minimum Gasteiger partial charge on any atom is -0.287 e. The quantitative estimate of drug-likeness (QED) is 0.829. The Balaban J connectivity index is 2.55. The topological polar surface area (TPSA) is 73.2 Å². The monoisotopic (exact) mass is 259 g/mol. The van der Waals surface area contributed by atoms with Crippen LogP contribution in [0.1, 0.15) is 16.2 Å². The molecule has 0 radical (unpaired) electrons. The molecule has 2 rings (SSSR count). The van der Waals surface area contributed by atoms with Gasteiger partial charge in [-0.05, 0) is 19.1 Å². The van der Waals surface area contributed by atoms with Crippen LogP contribution in [0.2, 0.25) is 0 Å². The predicted molar refractivity (Wildman–Crippen MR) is 69.0 cm³/mol. The van der Waals surface area contributed by atoms with E-state index in [-0.39, 0.29) is 5.69 Å². The van der Waals surface area contributed by atoms with Crippen LogP contribution in [0.4, 0.5) is 0 Å². The second-order valence-electron chi connectivity index (χ2n) is 3.88. The molecule has 2 aromatic rings. The number of aryl methyl sites for hydroxylation is 1. The molecular formula is C13H13N3O3. The van der Waals surface area contributed by atoms with Gasteiger partial charge in [0.15, 0.2) is 5.69 Å². The first-order valence-corrected chi connectivity index (χ1v) is 5.63. The second kappa shape index (κ2) is 5.45. The number of amides is 1. The molecule has 0 saturated carbocycles. The van der Waals surface area contributed by atoms with Crippen LogP contribution in [0, 0.1) is 6.92 Å². The fraction of sp³-hybridized carbons (Fsp3) is 0.154. The Bertz CT molecular complexity index is 650. The lowest BCUT2D eigenvalue weighted by atomic mass is 10.3. The average Bonchev–Trinajstić information content (AvgIpc) is 2.40. The maximum atomic E-state index is 11.7. The van der Waals surface area contributed by atoms with Gasteiger partial charge < -0.3 is 0 Å². The highest BCUT2D eigenvalue weighted by atomic mass is 16.6. The van der Waals surface area contributed by atoms with Crippen molar-refractivity contribution in [2.24, 2.45) is 0 Å². The molecule has 1 N–H and O–H groups in total. The summed E-state index contributed by atoms with van der Waals surface area (Å²) in [6, 6.07) is 10.6. The van der Waals surface area contributed by atoms with Gasteiger partial charge in [-0.25, -0.2) is 10.2 Å². The van der Waals surface area contributed by atoms with Crippen LogP contribution in [0.5, 0.6) is 0 Å². The van der Waals surface area contributed by atoms with Gasteiger partial charge in [0.1, 0.15) is 0 Å². The number of nitrogens with one attached hydrogen (secondary N) is 1. The van der Waals surface area contributed by atoms with Gasteiger partial charge in [0.25, 0.3) is 5.91 Å². The molecule has 0 atom stereocenters. The third kappa shape index (κ3) is 2.69. The summed E-state index contributed by atoms with van der Waals surface area (Å²) in [5.41, 5.74) is 2.84. The molecule has 0 aliphatic heterocycles. The summed E-state index contributed by atoms with van der Waals surface area (Å²) in [6.45, 7) is 1.75. The molecule has 6 heteroatoms. The lowest BCUT2D eigenvalue weighted by molar-refractivity contribution is 0.0529. The van der Waals surface area contributed by atoms with Gasteiger partial charge in [-0.3, -0.25) is 14.4 Å². The van der Waals surface area contributed by atoms with E-state index in [2.05, 4.69) is 15.4 Å². The molecule has 0 unspecified atom stereocenters. The van der Waals surface area contributed by atoms with Crippen LogP contribution in [-0.2, 0) is 4.84 Å². The van der Waals surface area contributed by atoms with Gasteiger partial charge in [-0.15, -0.1) is 0 Å². The zero-order valence-electron chi connectivity index (χ0n) is 10.6. The minimum absolute atomic E-state index is 0.212. The molecular weight excluding hydrogens is 246 g/mol. The zero-order chi connectivity index (χ0) is 13.8. The molecule has 1 aromatic heterocycles. The molecule has 0 fully saturated rings. The Morgan fingerprint density at radius 3 is 2.63 bits per heavy atom. The molecule has 6 nitrogen and oxygen atoms in total. The molecule has 0 aliphatic rings. The number of hydrogen-bond donors (Lipinski definition) is 1. The van der Waals surface area contributed by atoms with E-state index in [0.717, 1.165) is 5.69 Å². The summed E-state index contributed by atoms with van der Waals surface area (Å²) in [5, 5.41) is 4.07. The highest BCUT2D eigenvalue weighted by Gasteiger charge is 2.14. The average molecular weight is 259 g/mol. The van der Waals surface area contributed by atoms with Crippen molar-refractivity contribution < 1.29 is 9.63 Å². The van der Waals surface area contributed by atoms with E-state index >= 15 is 0 Å². The third-order valence-electron chi connectivity index (χ3n) is 2.52. The van der Waals surface area contributed by atoms with Crippen LogP contribution in [0.25, 0.3) is 5.69 Å². The number of carbonyl (C=O) groups excluding carboxylic acids is 1. The van der Waals surface area contributed by atoms with Crippen LogP contribution >= 0.6 is 0 Å². The van der Waals surface area contributed by atoms with Crippen LogP contribution in [-0.4, -0.2) is 22.8 Å². The zero-order valence-corrected chi connectivity index (χ0v) is 10.6. The fourth-order valence-corrected chi connectivity index (χ4v) is 1.68. The van der Waals surface area contributed by atoms with Gasteiger partial charge in [0.05, 0.1) is 12.8 Å². The van der Waals surface area contributed by atoms with Gasteiger partial charge in [-0.1, -0.05) is 18.2 Å². The first-order valence-electron chi connectivity index (χ1n) is 5.63. The molecule has 0 aliphatic carbocycles. The van der Waals surface area contributed by atoms with Crippen molar-refractivity contribution in [3.63, 3.8) is 0 Å². The molecule has 1 heterocycles. The minimum atomic E-state index is -0.669. The Labute approximate surface area is 109 Å². The summed E-state index contributed by atoms with van der Waals surface area (Å²) in [5.74, 6) is -0.669. The van der Waals surface area contributed by atoms with Gasteiger partial charge in [0.2, 0.25) is 5.43 Å². The smallest absolute Gasteiger partial charge is 0.287 e. The van der Waals surface area contributed by atoms with Crippen molar-refractivity contribution in [1.82, 2.24) is 15.3 Å². The van der Waals surface area contributed by atoms with E-state index in [1.54, 1.807) is 6.92 Å². The highest BCUT2D eigenvalue weighted by molar-refractivity contribution is 5.91. The van der Waals surface area contributed by atoms with Crippen LogP contribution < -0.4 is 10.9 Å². The number of benzene rings is 1. The summed E-state index contributed by atoms with van der Waals surface area (Å²) in [6.07, 6.45) is 0. The van der Waals surface area contributed by atoms with E-state index in [1.807, 2.05) is 30.3 Å². The van der Waals surface area contributed by atoms with E-state index in [1.165, 1.54) is 17.9 Å². The Hall–Kier alpha value is -2.47. The lowest BCUT2D eigenvalue weighted by Crippen LogP contribution is -2.31. The van der Waals surface area contributed by atoms with Crippen molar-refractivity contribution in [3.05, 3.63) is 58.0 Å². The van der Waals surface area contributed by atoms with Crippen molar-refractivity contribution in [3.8, 4) is 5.69 Å². The van der Waals surface area contributed by atoms with Gasteiger partial charge >= 0.3 is 0 Å². The summed E-state index contributed by atoms with van der Waals surface area (Å²) >= 11 is 0. The number of hydrogen-bond acceptors (Lipinski definition) is 4. The molecule has 1 amide bonds. The van der Waals surface area contributed by atoms with E-state index in [9.17, 15) is 9.59 Å². The number of carbonyl (C=O) groups is 1. The van der Waals surface area contributed by atoms with Crippen molar-refractivity contribution in [2.75, 3.05) is 7.11 Å². The standard InChI is InChI=1S/C13H13N3O3/c1-9-8-11(17)12(13(18)15-19-2)14-16(9)10-6-4-3-5-7-10/h3-8H,1-2H3,(H,15,18). The number of rotatable bonds is 3. The Morgan fingerprint density at radius 2 is 2.00 bits per heavy atom. The highest BCUT2D eigenvalue weighted by Crippen LogP contribution is 2.07. The molecule has 0 bridgehead atoms. The summed E-state index contributed by atoms with van der Waals surface area (Å²) in [7, 11) is 1.29. The second-order valence-corrected chi connectivity index (χ2v) is 3.88. The van der Waals surface area contributed by atoms with Crippen molar-refractivity contribution >= 4 is 5.91 Å². The first-order chi connectivity index (χ1) is 9.13. The van der Waals surface area contributed by atoms with Crippen molar-refractivity contribution in [2.45, 2.75) is 6.92 Å². The fourth-order valence-electron chi connectivity index (χ4n) is 1.68. The molecule has 19 heavy (non-hydrogen) atoms. The van der Waals surface area contributed by atoms with E-state index < -0.39 is 11.3 Å². The molecule has 0 saturated heterocycles. The number of nitrogens with zero attached hydrogens (tertiary/aromatic N) is 2. The number of aromatic nitrogens is 2. The van der Waals surface area contributed by atoms with E-state index in [0.29, 0.717) is 5.69 Å². The maximum absolute atomic E-state index is 11.7. The first kappa shape index (κ1) is 13.0. The third-order valence-corrected chi connectivity index (χ3v) is 2.52. The number of para-hydroxylation sites is 1. The maximum Gasteiger partial charge on any atom is 0.299 e. The summed E-state index contributed by atoms with van der Waals surface area (Å²) < 4.78 is 1.53. The molecule has 98 valence electrons. The van der Waals surface area contributed by atoms with Crippen LogP contribution in [0.3, 0.4) is 0 Å². The lowest BCUT2D eigenvalue weighted by Gasteiger charge is -2.10. The number of hydroxylamine groups is 1.